The molecule has 6 nitrogen and oxygen atoms in total. The molecule has 162 valence electrons. The van der Waals surface area contributed by atoms with Crippen molar-refractivity contribution in [3.8, 4) is 0 Å². The van der Waals surface area contributed by atoms with Gasteiger partial charge in [0.05, 0.1) is 17.2 Å². The number of anilines is 2. The van der Waals surface area contributed by atoms with Crippen molar-refractivity contribution in [1.29, 1.82) is 0 Å². The molecule has 6 heteroatoms. The maximum atomic E-state index is 13.0. The largest absolute Gasteiger partial charge is 0.339 e. The first kappa shape index (κ1) is 21.1. The standard InChI is InChI=1S/C25H29N3O3/c1-2-18-10-4-7-13-22(18)28-17-19(16-23(28)29)24(30)26-21-12-6-5-11-20(21)25(31)27-14-8-3-9-15-27/h4-7,10-13,19H,2-3,8-9,14-17H2,1H3,(H,26,30). The lowest BCUT2D eigenvalue weighted by atomic mass is 10.1. The van der Waals surface area contributed by atoms with E-state index in [1.165, 1.54) is 0 Å². The highest BCUT2D eigenvalue weighted by atomic mass is 16.2. The zero-order valence-corrected chi connectivity index (χ0v) is 18.0. The Morgan fingerprint density at radius 2 is 1.71 bits per heavy atom. The maximum absolute atomic E-state index is 13.0. The summed E-state index contributed by atoms with van der Waals surface area (Å²) >= 11 is 0. The van der Waals surface area contributed by atoms with Gasteiger partial charge in [-0.15, -0.1) is 0 Å². The first-order valence-corrected chi connectivity index (χ1v) is 11.2. The Morgan fingerprint density at radius 1 is 1.00 bits per heavy atom. The van der Waals surface area contributed by atoms with E-state index in [0.717, 1.165) is 50.0 Å². The number of aryl methyl sites for hydroxylation is 1. The molecule has 1 unspecified atom stereocenters. The molecule has 0 spiro atoms. The molecule has 2 heterocycles. The van der Waals surface area contributed by atoms with Crippen LogP contribution in [0.15, 0.2) is 48.5 Å². The van der Waals surface area contributed by atoms with Crippen LogP contribution in [0.25, 0.3) is 0 Å². The van der Waals surface area contributed by atoms with E-state index in [2.05, 4.69) is 12.2 Å². The number of para-hydroxylation sites is 2. The van der Waals surface area contributed by atoms with Gasteiger partial charge in [-0.3, -0.25) is 14.4 Å². The molecule has 2 saturated heterocycles. The SMILES string of the molecule is CCc1ccccc1N1CC(C(=O)Nc2ccccc2C(=O)N2CCCCC2)CC1=O. The molecule has 0 radical (unpaired) electrons. The summed E-state index contributed by atoms with van der Waals surface area (Å²) in [5, 5.41) is 2.93. The Bertz CT molecular complexity index is 981. The third kappa shape index (κ3) is 4.48. The second-order valence-electron chi connectivity index (χ2n) is 8.28. The van der Waals surface area contributed by atoms with Crippen LogP contribution in [0.3, 0.4) is 0 Å². The van der Waals surface area contributed by atoms with E-state index >= 15 is 0 Å². The molecule has 2 aliphatic heterocycles. The van der Waals surface area contributed by atoms with Gasteiger partial charge in [-0.05, 0) is 49.4 Å². The van der Waals surface area contributed by atoms with E-state index < -0.39 is 5.92 Å². The van der Waals surface area contributed by atoms with Crippen LogP contribution in [0.5, 0.6) is 0 Å². The molecule has 0 saturated carbocycles. The molecular formula is C25H29N3O3. The number of rotatable bonds is 5. The predicted molar refractivity (Wildman–Crippen MR) is 121 cm³/mol. The molecule has 0 aliphatic carbocycles. The van der Waals surface area contributed by atoms with Gasteiger partial charge in [-0.1, -0.05) is 37.3 Å². The molecule has 4 rings (SSSR count). The molecule has 3 amide bonds. The highest BCUT2D eigenvalue weighted by Crippen LogP contribution is 2.29. The van der Waals surface area contributed by atoms with Crippen LogP contribution in [0.2, 0.25) is 0 Å². The zero-order valence-electron chi connectivity index (χ0n) is 18.0. The predicted octanol–water partition coefficient (Wildman–Crippen LogP) is 3.87. The van der Waals surface area contributed by atoms with Crippen molar-refractivity contribution >= 4 is 29.1 Å². The third-order valence-corrected chi connectivity index (χ3v) is 6.22. The second kappa shape index (κ2) is 9.33. The molecular weight excluding hydrogens is 390 g/mol. The fraction of sp³-hybridized carbons (Fsp3) is 0.400. The smallest absolute Gasteiger partial charge is 0.255 e. The number of hydrogen-bond donors (Lipinski definition) is 1. The fourth-order valence-corrected chi connectivity index (χ4v) is 4.47. The normalized spacial score (nSPS) is 18.9. The third-order valence-electron chi connectivity index (χ3n) is 6.22. The topological polar surface area (TPSA) is 69.7 Å². The Hall–Kier alpha value is -3.15. The van der Waals surface area contributed by atoms with E-state index in [-0.39, 0.29) is 24.1 Å². The number of nitrogens with one attached hydrogen (secondary N) is 1. The van der Waals surface area contributed by atoms with Gasteiger partial charge in [0.2, 0.25) is 11.8 Å². The summed E-state index contributed by atoms with van der Waals surface area (Å²) in [6.07, 6.45) is 4.17. The van der Waals surface area contributed by atoms with Crippen LogP contribution in [0, 0.1) is 5.92 Å². The summed E-state index contributed by atoms with van der Waals surface area (Å²) in [5.41, 5.74) is 3.00. The summed E-state index contributed by atoms with van der Waals surface area (Å²) in [7, 11) is 0. The van der Waals surface area contributed by atoms with Crippen LogP contribution in [0.4, 0.5) is 11.4 Å². The minimum Gasteiger partial charge on any atom is -0.339 e. The van der Waals surface area contributed by atoms with E-state index in [9.17, 15) is 14.4 Å². The van der Waals surface area contributed by atoms with Crippen molar-refractivity contribution in [3.63, 3.8) is 0 Å². The second-order valence-corrected chi connectivity index (χ2v) is 8.28. The summed E-state index contributed by atoms with van der Waals surface area (Å²) in [5.74, 6) is -0.755. The lowest BCUT2D eigenvalue weighted by molar-refractivity contribution is -0.122. The molecule has 0 bridgehead atoms. The number of benzene rings is 2. The fourth-order valence-electron chi connectivity index (χ4n) is 4.47. The van der Waals surface area contributed by atoms with E-state index in [0.29, 0.717) is 17.8 Å². The molecule has 0 aromatic heterocycles. The van der Waals surface area contributed by atoms with Crippen molar-refractivity contribution in [2.45, 2.75) is 39.0 Å². The van der Waals surface area contributed by atoms with E-state index in [4.69, 9.17) is 0 Å². The zero-order chi connectivity index (χ0) is 21.8. The van der Waals surface area contributed by atoms with E-state index in [1.807, 2.05) is 41.3 Å². The number of hydrogen-bond acceptors (Lipinski definition) is 3. The Labute approximate surface area is 183 Å². The van der Waals surface area contributed by atoms with Crippen molar-refractivity contribution in [2.75, 3.05) is 29.9 Å². The molecule has 2 aromatic rings. The average Bonchev–Trinajstić information content (AvgIpc) is 3.21. The van der Waals surface area contributed by atoms with Gasteiger partial charge in [-0.25, -0.2) is 0 Å². The summed E-state index contributed by atoms with van der Waals surface area (Å²) in [6, 6.07) is 15.0. The highest BCUT2D eigenvalue weighted by Gasteiger charge is 2.36. The van der Waals surface area contributed by atoms with Crippen molar-refractivity contribution in [1.82, 2.24) is 4.90 Å². The summed E-state index contributed by atoms with van der Waals surface area (Å²) < 4.78 is 0. The van der Waals surface area contributed by atoms with Gasteiger partial charge in [0, 0.05) is 31.7 Å². The van der Waals surface area contributed by atoms with Crippen LogP contribution < -0.4 is 10.2 Å². The van der Waals surface area contributed by atoms with Crippen LogP contribution >= 0.6 is 0 Å². The monoisotopic (exact) mass is 419 g/mol. The van der Waals surface area contributed by atoms with Crippen LogP contribution in [0.1, 0.15) is 48.5 Å². The van der Waals surface area contributed by atoms with Gasteiger partial charge in [0.25, 0.3) is 5.91 Å². The number of carbonyl (C=O) groups excluding carboxylic acids is 3. The lowest BCUT2D eigenvalue weighted by Gasteiger charge is -2.27. The minimum absolute atomic E-state index is 0.0428. The number of amides is 3. The number of piperidine rings is 1. The first-order chi connectivity index (χ1) is 15.1. The molecule has 1 N–H and O–H groups in total. The Kier molecular flexibility index (Phi) is 6.35. The molecule has 2 aliphatic rings. The van der Waals surface area contributed by atoms with Gasteiger partial charge >= 0.3 is 0 Å². The summed E-state index contributed by atoms with van der Waals surface area (Å²) in [6.45, 7) is 3.91. The first-order valence-electron chi connectivity index (χ1n) is 11.2. The molecule has 31 heavy (non-hydrogen) atoms. The Balaban J connectivity index is 1.48. The van der Waals surface area contributed by atoms with Crippen molar-refractivity contribution in [2.24, 2.45) is 5.92 Å². The van der Waals surface area contributed by atoms with Gasteiger partial charge < -0.3 is 15.1 Å². The highest BCUT2D eigenvalue weighted by molar-refractivity contribution is 6.07. The van der Waals surface area contributed by atoms with Crippen molar-refractivity contribution in [3.05, 3.63) is 59.7 Å². The van der Waals surface area contributed by atoms with Crippen LogP contribution in [-0.2, 0) is 16.0 Å². The van der Waals surface area contributed by atoms with Gasteiger partial charge in [-0.2, -0.15) is 0 Å². The number of likely N-dealkylation sites (tertiary alicyclic amines) is 1. The Morgan fingerprint density at radius 3 is 2.48 bits per heavy atom. The molecule has 2 fully saturated rings. The molecule has 1 atom stereocenters. The number of nitrogens with zero attached hydrogens (tertiary/aromatic N) is 2. The van der Waals surface area contributed by atoms with Gasteiger partial charge in [0.15, 0.2) is 0 Å². The number of carbonyl (C=O) groups is 3. The van der Waals surface area contributed by atoms with Gasteiger partial charge in [0.1, 0.15) is 0 Å². The minimum atomic E-state index is -0.449. The van der Waals surface area contributed by atoms with E-state index in [1.54, 1.807) is 17.0 Å². The van der Waals surface area contributed by atoms with Crippen molar-refractivity contribution < 1.29 is 14.4 Å². The van der Waals surface area contributed by atoms with Crippen LogP contribution in [-0.4, -0.2) is 42.3 Å². The summed E-state index contributed by atoms with van der Waals surface area (Å²) in [4.78, 5) is 42.3. The maximum Gasteiger partial charge on any atom is 0.255 e. The quantitative estimate of drug-likeness (QED) is 0.800. The molecule has 2 aromatic carbocycles. The lowest BCUT2D eigenvalue weighted by Crippen LogP contribution is -2.36. The average molecular weight is 420 g/mol.